The van der Waals surface area contributed by atoms with Gasteiger partial charge in [-0.2, -0.15) is 10.2 Å². The first-order valence-corrected chi connectivity index (χ1v) is 9.12. The molecule has 3 aromatic heterocycles. The summed E-state index contributed by atoms with van der Waals surface area (Å²) in [6.07, 6.45) is 6.00. The van der Waals surface area contributed by atoms with Crippen molar-refractivity contribution in [1.82, 2.24) is 29.9 Å². The number of aryl methyl sites for hydroxylation is 2. The SMILES string of the molecule is Cc1ccn(CC(C)CNC(=O)c2cc(C3CC3)nc3c2cnn3C)n1. The fourth-order valence-electron chi connectivity index (χ4n) is 3.22. The molecule has 3 heterocycles. The first kappa shape index (κ1) is 16.8. The van der Waals surface area contributed by atoms with Crippen LogP contribution in [0.4, 0.5) is 0 Å². The van der Waals surface area contributed by atoms with E-state index in [0.717, 1.165) is 41.8 Å². The molecule has 4 rings (SSSR count). The lowest BCUT2D eigenvalue weighted by molar-refractivity contribution is 0.0948. The van der Waals surface area contributed by atoms with E-state index >= 15 is 0 Å². The quantitative estimate of drug-likeness (QED) is 0.739. The molecule has 1 saturated carbocycles. The zero-order valence-corrected chi connectivity index (χ0v) is 15.4. The number of nitrogens with one attached hydrogen (secondary N) is 1. The molecule has 0 radical (unpaired) electrons. The number of amides is 1. The van der Waals surface area contributed by atoms with Crippen molar-refractivity contribution >= 4 is 16.9 Å². The predicted octanol–water partition coefficient (Wildman–Crippen LogP) is 2.42. The van der Waals surface area contributed by atoms with Gasteiger partial charge in [0.1, 0.15) is 0 Å². The molecule has 3 aromatic rings. The number of carbonyl (C=O) groups is 1. The van der Waals surface area contributed by atoms with Gasteiger partial charge < -0.3 is 5.32 Å². The third-order valence-electron chi connectivity index (χ3n) is 4.85. The molecule has 7 heteroatoms. The van der Waals surface area contributed by atoms with Crippen molar-refractivity contribution < 1.29 is 4.79 Å². The van der Waals surface area contributed by atoms with Crippen LogP contribution in [0.3, 0.4) is 0 Å². The van der Waals surface area contributed by atoms with Gasteiger partial charge >= 0.3 is 0 Å². The predicted molar refractivity (Wildman–Crippen MR) is 98.9 cm³/mol. The summed E-state index contributed by atoms with van der Waals surface area (Å²) in [5, 5.41) is 12.6. The van der Waals surface area contributed by atoms with Crippen molar-refractivity contribution in [2.75, 3.05) is 6.54 Å². The number of carbonyl (C=O) groups excluding carboxylic acids is 1. The van der Waals surface area contributed by atoms with Gasteiger partial charge in [0.2, 0.25) is 0 Å². The number of hydrogen-bond acceptors (Lipinski definition) is 4. The minimum absolute atomic E-state index is 0.0594. The fraction of sp³-hybridized carbons (Fsp3) is 0.474. The summed E-state index contributed by atoms with van der Waals surface area (Å²) < 4.78 is 3.66. The largest absolute Gasteiger partial charge is 0.352 e. The van der Waals surface area contributed by atoms with E-state index in [1.54, 1.807) is 10.9 Å². The van der Waals surface area contributed by atoms with Crippen LogP contribution in [0, 0.1) is 12.8 Å². The van der Waals surface area contributed by atoms with Gasteiger partial charge in [-0.3, -0.25) is 14.2 Å². The molecule has 1 N–H and O–H groups in total. The molecule has 0 saturated heterocycles. The van der Waals surface area contributed by atoms with E-state index < -0.39 is 0 Å². The summed E-state index contributed by atoms with van der Waals surface area (Å²) in [4.78, 5) is 17.5. The van der Waals surface area contributed by atoms with Crippen molar-refractivity contribution in [2.24, 2.45) is 13.0 Å². The van der Waals surface area contributed by atoms with Crippen molar-refractivity contribution in [2.45, 2.75) is 39.2 Å². The van der Waals surface area contributed by atoms with Crippen molar-refractivity contribution in [3.05, 3.63) is 41.5 Å². The Hall–Kier alpha value is -2.70. The van der Waals surface area contributed by atoms with Crippen LogP contribution >= 0.6 is 0 Å². The maximum atomic E-state index is 12.8. The van der Waals surface area contributed by atoms with Crippen molar-refractivity contribution in [3.8, 4) is 0 Å². The molecule has 1 aliphatic carbocycles. The molecule has 0 bridgehead atoms. The molecule has 7 nitrogen and oxygen atoms in total. The maximum Gasteiger partial charge on any atom is 0.252 e. The van der Waals surface area contributed by atoms with Gasteiger partial charge in [0.25, 0.3) is 5.91 Å². The summed E-state index contributed by atoms with van der Waals surface area (Å²) in [5.74, 6) is 0.714. The number of pyridine rings is 1. The van der Waals surface area contributed by atoms with Crippen LogP contribution in [0.1, 0.15) is 47.4 Å². The van der Waals surface area contributed by atoms with E-state index in [9.17, 15) is 4.79 Å². The first-order chi connectivity index (χ1) is 12.5. The molecule has 1 amide bonds. The second-order valence-electron chi connectivity index (χ2n) is 7.37. The molecular weight excluding hydrogens is 328 g/mol. The van der Waals surface area contributed by atoms with E-state index in [-0.39, 0.29) is 11.8 Å². The fourth-order valence-corrected chi connectivity index (χ4v) is 3.22. The van der Waals surface area contributed by atoms with Crippen LogP contribution in [0.25, 0.3) is 11.0 Å². The lowest BCUT2D eigenvalue weighted by Gasteiger charge is -2.13. The van der Waals surface area contributed by atoms with Gasteiger partial charge in [0.05, 0.1) is 22.8 Å². The highest BCUT2D eigenvalue weighted by molar-refractivity contribution is 6.05. The van der Waals surface area contributed by atoms with Gasteiger partial charge in [0, 0.05) is 37.9 Å². The Morgan fingerprint density at radius 3 is 2.92 bits per heavy atom. The zero-order chi connectivity index (χ0) is 18.3. The second-order valence-corrected chi connectivity index (χ2v) is 7.37. The summed E-state index contributed by atoms with van der Waals surface area (Å²) in [7, 11) is 1.86. The Kier molecular flexibility index (Phi) is 4.22. The molecule has 26 heavy (non-hydrogen) atoms. The smallest absolute Gasteiger partial charge is 0.252 e. The lowest BCUT2D eigenvalue weighted by Crippen LogP contribution is -2.30. The van der Waals surface area contributed by atoms with E-state index in [2.05, 4.69) is 22.4 Å². The Bertz CT molecular complexity index is 952. The summed E-state index contributed by atoms with van der Waals surface area (Å²) in [5.41, 5.74) is 3.46. The lowest BCUT2D eigenvalue weighted by atomic mass is 10.1. The zero-order valence-electron chi connectivity index (χ0n) is 15.4. The highest BCUT2D eigenvalue weighted by atomic mass is 16.1. The Morgan fingerprint density at radius 1 is 1.42 bits per heavy atom. The molecule has 1 atom stereocenters. The van der Waals surface area contributed by atoms with E-state index in [1.807, 2.05) is 37.0 Å². The number of fused-ring (bicyclic) bond motifs is 1. The minimum Gasteiger partial charge on any atom is -0.352 e. The standard InChI is InChI=1S/C19H24N6O/c1-12(11-25-7-6-13(2)23-25)9-20-19(26)15-8-17(14-4-5-14)22-18-16(15)10-21-24(18)3/h6-8,10,12,14H,4-5,9,11H2,1-3H3,(H,20,26). The molecular formula is C19H24N6O. The normalized spacial score (nSPS) is 15.3. The molecule has 1 fully saturated rings. The Labute approximate surface area is 152 Å². The first-order valence-electron chi connectivity index (χ1n) is 9.12. The average molecular weight is 352 g/mol. The Balaban J connectivity index is 1.49. The summed E-state index contributed by atoms with van der Waals surface area (Å²) in [6, 6.07) is 3.93. The van der Waals surface area contributed by atoms with Gasteiger partial charge in [-0.05, 0) is 37.8 Å². The monoisotopic (exact) mass is 352 g/mol. The third-order valence-corrected chi connectivity index (χ3v) is 4.85. The van der Waals surface area contributed by atoms with Crippen LogP contribution in [0.5, 0.6) is 0 Å². The molecule has 136 valence electrons. The van der Waals surface area contributed by atoms with E-state index in [4.69, 9.17) is 4.98 Å². The van der Waals surface area contributed by atoms with Crippen LogP contribution in [0.2, 0.25) is 0 Å². The summed E-state index contributed by atoms with van der Waals surface area (Å²) >= 11 is 0. The van der Waals surface area contributed by atoms with Crippen LogP contribution in [0.15, 0.2) is 24.5 Å². The summed E-state index contributed by atoms with van der Waals surface area (Å²) in [6.45, 7) is 5.46. The molecule has 1 aliphatic rings. The van der Waals surface area contributed by atoms with Crippen molar-refractivity contribution in [3.63, 3.8) is 0 Å². The highest BCUT2D eigenvalue weighted by Crippen LogP contribution is 2.40. The van der Waals surface area contributed by atoms with Gasteiger partial charge in [-0.25, -0.2) is 4.98 Å². The second kappa shape index (κ2) is 6.55. The topological polar surface area (TPSA) is 77.6 Å². The van der Waals surface area contributed by atoms with E-state index in [1.165, 1.54) is 0 Å². The number of nitrogens with zero attached hydrogens (tertiary/aromatic N) is 5. The van der Waals surface area contributed by atoms with Gasteiger partial charge in [-0.15, -0.1) is 0 Å². The minimum atomic E-state index is -0.0594. The number of hydrogen-bond donors (Lipinski definition) is 1. The molecule has 0 aliphatic heterocycles. The highest BCUT2D eigenvalue weighted by Gasteiger charge is 2.27. The molecule has 1 unspecified atom stereocenters. The van der Waals surface area contributed by atoms with Crippen LogP contribution in [-0.4, -0.2) is 37.0 Å². The van der Waals surface area contributed by atoms with Crippen LogP contribution in [-0.2, 0) is 13.6 Å². The van der Waals surface area contributed by atoms with Gasteiger partial charge in [0.15, 0.2) is 5.65 Å². The molecule has 0 aromatic carbocycles. The van der Waals surface area contributed by atoms with E-state index in [0.29, 0.717) is 18.0 Å². The van der Waals surface area contributed by atoms with Crippen LogP contribution < -0.4 is 5.32 Å². The maximum absolute atomic E-state index is 12.8. The number of rotatable bonds is 6. The number of aromatic nitrogens is 5. The van der Waals surface area contributed by atoms with Gasteiger partial charge in [-0.1, -0.05) is 6.92 Å². The Morgan fingerprint density at radius 2 is 2.23 bits per heavy atom. The third kappa shape index (κ3) is 3.34. The molecule has 0 spiro atoms. The average Bonchev–Trinajstić information content (AvgIpc) is 3.30. The van der Waals surface area contributed by atoms with Crippen molar-refractivity contribution in [1.29, 1.82) is 0 Å².